The van der Waals surface area contributed by atoms with Crippen LogP contribution in [0.4, 0.5) is 10.8 Å². The highest BCUT2D eigenvalue weighted by atomic mass is 35.5. The molecule has 3 aromatic rings. The zero-order valence-electron chi connectivity index (χ0n) is 14.3. The third kappa shape index (κ3) is 4.64. The molecule has 27 heavy (non-hydrogen) atoms. The quantitative estimate of drug-likeness (QED) is 0.492. The number of amides is 1. The van der Waals surface area contributed by atoms with Crippen LogP contribution >= 0.6 is 22.9 Å². The zero-order valence-corrected chi connectivity index (χ0v) is 15.9. The summed E-state index contributed by atoms with van der Waals surface area (Å²) in [6.45, 7) is 1.49. The van der Waals surface area contributed by atoms with Crippen molar-refractivity contribution >= 4 is 45.6 Å². The van der Waals surface area contributed by atoms with Crippen LogP contribution in [0, 0.1) is 0 Å². The average Bonchev–Trinajstić information content (AvgIpc) is 3.10. The molecule has 0 aliphatic heterocycles. The van der Waals surface area contributed by atoms with Crippen LogP contribution in [0.2, 0.25) is 5.02 Å². The fourth-order valence-electron chi connectivity index (χ4n) is 2.23. The summed E-state index contributed by atoms with van der Waals surface area (Å²) in [5, 5.41) is 5.41. The number of hydrogen-bond donors (Lipinski definition) is 2. The molecule has 1 heterocycles. The summed E-state index contributed by atoms with van der Waals surface area (Å²) in [4.78, 5) is 28.7. The number of halogens is 1. The summed E-state index contributed by atoms with van der Waals surface area (Å²) in [6.07, 6.45) is -0.984. The molecule has 3 N–H and O–H groups in total. The lowest BCUT2D eigenvalue weighted by molar-refractivity contribution is -0.123. The fraction of sp³-hybridized carbons (Fsp3) is 0.105. The third-order valence-corrected chi connectivity index (χ3v) is 4.77. The van der Waals surface area contributed by atoms with Crippen molar-refractivity contribution in [2.45, 2.75) is 13.0 Å². The first kappa shape index (κ1) is 18.9. The lowest BCUT2D eigenvalue weighted by Crippen LogP contribution is -2.29. The van der Waals surface area contributed by atoms with Crippen LogP contribution in [0.15, 0.2) is 53.9 Å². The normalized spacial score (nSPS) is 11.6. The Balaban J connectivity index is 1.62. The minimum atomic E-state index is -0.984. The van der Waals surface area contributed by atoms with Crippen molar-refractivity contribution in [3.63, 3.8) is 0 Å². The van der Waals surface area contributed by atoms with Crippen molar-refractivity contribution < 1.29 is 14.3 Å². The maximum Gasteiger partial charge on any atom is 0.338 e. The Morgan fingerprint density at radius 3 is 2.59 bits per heavy atom. The number of benzene rings is 2. The van der Waals surface area contributed by atoms with Crippen molar-refractivity contribution in [2.24, 2.45) is 0 Å². The number of carbonyl (C=O) groups excluding carboxylic acids is 2. The number of rotatable bonds is 5. The van der Waals surface area contributed by atoms with Gasteiger partial charge in [0.05, 0.1) is 11.3 Å². The summed E-state index contributed by atoms with van der Waals surface area (Å²) in [5.41, 5.74) is 7.88. The van der Waals surface area contributed by atoms with E-state index in [2.05, 4.69) is 10.3 Å². The van der Waals surface area contributed by atoms with Gasteiger partial charge in [-0.15, -0.1) is 11.3 Å². The number of nitrogens with zero attached hydrogens (tertiary/aromatic N) is 1. The molecule has 8 heteroatoms. The topological polar surface area (TPSA) is 94.3 Å². The maximum absolute atomic E-state index is 12.3. The molecule has 1 unspecified atom stereocenters. The Hall–Kier alpha value is -2.90. The van der Waals surface area contributed by atoms with Gasteiger partial charge in [-0.3, -0.25) is 10.1 Å². The molecule has 1 amide bonds. The van der Waals surface area contributed by atoms with E-state index in [4.69, 9.17) is 22.1 Å². The zero-order chi connectivity index (χ0) is 19.4. The van der Waals surface area contributed by atoms with Crippen LogP contribution in [0.5, 0.6) is 0 Å². The van der Waals surface area contributed by atoms with E-state index in [0.717, 1.165) is 5.56 Å². The van der Waals surface area contributed by atoms with E-state index >= 15 is 0 Å². The minimum Gasteiger partial charge on any atom is -0.449 e. The van der Waals surface area contributed by atoms with Gasteiger partial charge in [0.2, 0.25) is 0 Å². The van der Waals surface area contributed by atoms with Crippen LogP contribution < -0.4 is 11.1 Å². The van der Waals surface area contributed by atoms with Gasteiger partial charge in [-0.1, -0.05) is 29.8 Å². The number of nitrogens with one attached hydrogen (secondary N) is 1. The molecule has 0 aliphatic rings. The second kappa shape index (κ2) is 8.20. The third-order valence-electron chi connectivity index (χ3n) is 3.68. The Morgan fingerprint density at radius 1 is 1.19 bits per heavy atom. The number of aromatic nitrogens is 1. The molecule has 2 aromatic carbocycles. The molecule has 3 rings (SSSR count). The number of anilines is 2. The number of carbonyl (C=O) groups is 2. The van der Waals surface area contributed by atoms with Gasteiger partial charge in [0.25, 0.3) is 5.91 Å². The van der Waals surface area contributed by atoms with Crippen molar-refractivity contribution in [3.05, 3.63) is 64.5 Å². The van der Waals surface area contributed by atoms with Gasteiger partial charge in [-0.2, -0.15) is 0 Å². The smallest absolute Gasteiger partial charge is 0.338 e. The molecule has 0 spiro atoms. The average molecular weight is 402 g/mol. The number of esters is 1. The molecule has 138 valence electrons. The second-order valence-electron chi connectivity index (χ2n) is 5.68. The lowest BCUT2D eigenvalue weighted by atomic mass is 10.2. The lowest BCUT2D eigenvalue weighted by Gasteiger charge is -2.12. The Kier molecular flexibility index (Phi) is 5.73. The van der Waals surface area contributed by atoms with Crippen molar-refractivity contribution in [1.29, 1.82) is 0 Å². The van der Waals surface area contributed by atoms with Gasteiger partial charge in [-0.05, 0) is 37.3 Å². The summed E-state index contributed by atoms with van der Waals surface area (Å²) < 4.78 is 5.18. The van der Waals surface area contributed by atoms with E-state index in [9.17, 15) is 9.59 Å². The van der Waals surface area contributed by atoms with Crippen molar-refractivity contribution in [3.8, 4) is 11.3 Å². The van der Waals surface area contributed by atoms with Gasteiger partial charge in [0.15, 0.2) is 11.2 Å². The van der Waals surface area contributed by atoms with E-state index in [1.807, 2.05) is 18.2 Å². The van der Waals surface area contributed by atoms with Crippen LogP contribution in [0.3, 0.4) is 0 Å². The molecule has 0 saturated heterocycles. The number of thiazole rings is 1. The first-order valence-corrected chi connectivity index (χ1v) is 9.27. The summed E-state index contributed by atoms with van der Waals surface area (Å²) in [5.74, 6) is -1.08. The maximum atomic E-state index is 12.3. The highest BCUT2D eigenvalue weighted by Crippen LogP contribution is 2.30. The highest BCUT2D eigenvalue weighted by Gasteiger charge is 2.20. The van der Waals surface area contributed by atoms with E-state index in [1.165, 1.54) is 18.3 Å². The van der Waals surface area contributed by atoms with Gasteiger partial charge in [-0.25, -0.2) is 9.78 Å². The summed E-state index contributed by atoms with van der Waals surface area (Å²) in [6, 6.07) is 13.6. The van der Waals surface area contributed by atoms with E-state index in [-0.39, 0.29) is 0 Å². The molecule has 0 bridgehead atoms. The molecular formula is C19H16ClN3O3S. The monoisotopic (exact) mass is 401 g/mol. The molecule has 1 atom stereocenters. The molecule has 0 aliphatic carbocycles. The predicted molar refractivity (Wildman–Crippen MR) is 107 cm³/mol. The van der Waals surface area contributed by atoms with Crippen molar-refractivity contribution in [1.82, 2.24) is 4.98 Å². The second-order valence-corrected chi connectivity index (χ2v) is 6.94. The van der Waals surface area contributed by atoms with Crippen LogP contribution in [0.25, 0.3) is 11.3 Å². The van der Waals surface area contributed by atoms with Crippen LogP contribution in [0.1, 0.15) is 17.3 Å². The van der Waals surface area contributed by atoms with Gasteiger partial charge in [0, 0.05) is 21.7 Å². The molecule has 0 fully saturated rings. The van der Waals surface area contributed by atoms with Gasteiger partial charge >= 0.3 is 5.97 Å². The van der Waals surface area contributed by atoms with Gasteiger partial charge in [0.1, 0.15) is 0 Å². The largest absolute Gasteiger partial charge is 0.449 e. The predicted octanol–water partition coefficient (Wildman–Crippen LogP) is 4.23. The molecule has 6 nitrogen and oxygen atoms in total. The van der Waals surface area contributed by atoms with Crippen molar-refractivity contribution in [2.75, 3.05) is 11.1 Å². The first-order chi connectivity index (χ1) is 12.9. The molecule has 0 radical (unpaired) electrons. The molecule has 1 aromatic heterocycles. The summed E-state index contributed by atoms with van der Waals surface area (Å²) in [7, 11) is 0. The highest BCUT2D eigenvalue weighted by molar-refractivity contribution is 7.14. The Morgan fingerprint density at radius 2 is 1.89 bits per heavy atom. The SMILES string of the molecule is CC(OC(=O)c1ccc(N)cc1)C(=O)Nc1nc(-c2ccccc2Cl)cs1. The summed E-state index contributed by atoms with van der Waals surface area (Å²) >= 11 is 7.42. The number of hydrogen-bond acceptors (Lipinski definition) is 6. The molecule has 0 saturated carbocycles. The van der Waals surface area contributed by atoms with E-state index in [0.29, 0.717) is 27.1 Å². The standard InChI is InChI=1S/C19H16ClN3O3S/c1-11(26-18(25)12-6-8-13(21)9-7-12)17(24)23-19-22-16(10-27-19)14-4-2-3-5-15(14)20/h2-11H,21H2,1H3,(H,22,23,24). The van der Waals surface area contributed by atoms with E-state index < -0.39 is 18.0 Å². The number of nitrogen functional groups attached to an aromatic ring is 1. The van der Waals surface area contributed by atoms with Crippen LogP contribution in [-0.2, 0) is 9.53 Å². The Bertz CT molecular complexity index is 972. The first-order valence-electron chi connectivity index (χ1n) is 8.02. The molecular weight excluding hydrogens is 386 g/mol. The number of nitrogens with two attached hydrogens (primary N) is 1. The van der Waals surface area contributed by atoms with E-state index in [1.54, 1.807) is 35.7 Å². The number of ether oxygens (including phenoxy) is 1. The van der Waals surface area contributed by atoms with Gasteiger partial charge < -0.3 is 10.5 Å². The Labute approximate surface area is 164 Å². The fourth-order valence-corrected chi connectivity index (χ4v) is 3.18. The van der Waals surface area contributed by atoms with Crippen LogP contribution in [-0.4, -0.2) is 23.0 Å². The minimum absolute atomic E-state index is 0.319.